The van der Waals surface area contributed by atoms with Crippen LogP contribution in [0, 0.1) is 10.1 Å². The number of benzene rings is 1. The zero-order chi connectivity index (χ0) is 19.9. The largest absolute Gasteiger partial charge is 0.477 e. The number of hydrogen-bond acceptors (Lipinski definition) is 6. The van der Waals surface area contributed by atoms with Gasteiger partial charge in [-0.3, -0.25) is 14.8 Å². The summed E-state index contributed by atoms with van der Waals surface area (Å²) >= 11 is 0. The maximum atomic E-state index is 10.8. The first-order valence-corrected chi connectivity index (χ1v) is 9.13. The number of aromatic nitrogens is 3. The van der Waals surface area contributed by atoms with E-state index in [4.69, 9.17) is 4.74 Å². The normalized spacial score (nSPS) is 10.8. The first-order chi connectivity index (χ1) is 13.6. The van der Waals surface area contributed by atoms with Gasteiger partial charge in [0.25, 0.3) is 5.69 Å². The lowest BCUT2D eigenvalue weighted by Gasteiger charge is -2.10. The number of pyridine rings is 1. The number of hydrogen-bond donors (Lipinski definition) is 1. The van der Waals surface area contributed by atoms with Crippen molar-refractivity contribution in [3.8, 4) is 17.1 Å². The van der Waals surface area contributed by atoms with Crippen molar-refractivity contribution in [3.63, 3.8) is 0 Å². The standard InChI is InChI=1S/C20H23N5O3/c1-3-11-28-20-16(5-4-10-22-20)12-21-13-17-14-24(2)23-19(17)15-6-8-18(9-7-15)25(26)27/h4-10,14,21H,3,11-13H2,1-2H3. The fraction of sp³-hybridized carbons (Fsp3) is 0.300. The lowest BCUT2D eigenvalue weighted by Crippen LogP contribution is -2.14. The number of nitrogens with one attached hydrogen (secondary N) is 1. The summed E-state index contributed by atoms with van der Waals surface area (Å²) in [6.45, 7) is 3.91. The second-order valence-electron chi connectivity index (χ2n) is 6.40. The highest BCUT2D eigenvalue weighted by Gasteiger charge is 2.13. The topological polar surface area (TPSA) is 95.1 Å². The van der Waals surface area contributed by atoms with Gasteiger partial charge >= 0.3 is 0 Å². The van der Waals surface area contributed by atoms with Gasteiger partial charge < -0.3 is 10.1 Å². The molecule has 2 aromatic heterocycles. The van der Waals surface area contributed by atoms with Crippen LogP contribution in [0.1, 0.15) is 24.5 Å². The van der Waals surface area contributed by atoms with Gasteiger partial charge in [0, 0.05) is 61.4 Å². The molecule has 0 spiro atoms. The molecule has 0 unspecified atom stereocenters. The second kappa shape index (κ2) is 9.09. The van der Waals surface area contributed by atoms with E-state index < -0.39 is 4.92 Å². The zero-order valence-electron chi connectivity index (χ0n) is 16.0. The van der Waals surface area contributed by atoms with Crippen LogP contribution in [0.4, 0.5) is 5.69 Å². The van der Waals surface area contributed by atoms with Gasteiger partial charge in [0.15, 0.2) is 0 Å². The molecule has 2 heterocycles. The van der Waals surface area contributed by atoms with Crippen molar-refractivity contribution < 1.29 is 9.66 Å². The van der Waals surface area contributed by atoms with Gasteiger partial charge in [0.05, 0.1) is 17.2 Å². The van der Waals surface area contributed by atoms with Gasteiger partial charge in [-0.15, -0.1) is 0 Å². The molecule has 146 valence electrons. The highest BCUT2D eigenvalue weighted by molar-refractivity contribution is 5.64. The molecule has 3 rings (SSSR count). The Hall–Kier alpha value is -3.26. The summed E-state index contributed by atoms with van der Waals surface area (Å²) < 4.78 is 7.44. The number of non-ortho nitro benzene ring substituents is 1. The number of nitro benzene ring substituents is 1. The Kier molecular flexibility index (Phi) is 6.33. The Labute approximate surface area is 163 Å². The van der Waals surface area contributed by atoms with Gasteiger partial charge in [-0.2, -0.15) is 5.10 Å². The third kappa shape index (κ3) is 4.72. The Morgan fingerprint density at radius 1 is 1.18 bits per heavy atom. The lowest BCUT2D eigenvalue weighted by atomic mass is 10.1. The molecule has 8 heteroatoms. The Morgan fingerprint density at radius 2 is 1.93 bits per heavy atom. The van der Waals surface area contributed by atoms with Gasteiger partial charge in [0.2, 0.25) is 5.88 Å². The smallest absolute Gasteiger partial charge is 0.269 e. The van der Waals surface area contributed by atoms with E-state index in [0.29, 0.717) is 25.6 Å². The van der Waals surface area contributed by atoms with E-state index in [1.165, 1.54) is 12.1 Å². The summed E-state index contributed by atoms with van der Waals surface area (Å²) in [7, 11) is 1.86. The van der Waals surface area contributed by atoms with E-state index in [1.54, 1.807) is 23.0 Å². The molecular weight excluding hydrogens is 358 g/mol. The summed E-state index contributed by atoms with van der Waals surface area (Å²) in [6.07, 6.45) is 4.60. The number of nitro groups is 1. The minimum absolute atomic E-state index is 0.0653. The molecule has 0 radical (unpaired) electrons. The number of aryl methyl sites for hydroxylation is 1. The number of rotatable bonds is 9. The molecule has 8 nitrogen and oxygen atoms in total. The number of ether oxygens (including phenoxy) is 1. The van der Waals surface area contributed by atoms with Crippen molar-refractivity contribution in [1.29, 1.82) is 0 Å². The minimum atomic E-state index is -0.406. The van der Waals surface area contributed by atoms with Crippen LogP contribution in [0.25, 0.3) is 11.3 Å². The van der Waals surface area contributed by atoms with Crippen molar-refractivity contribution in [1.82, 2.24) is 20.1 Å². The van der Waals surface area contributed by atoms with Gasteiger partial charge in [-0.05, 0) is 24.6 Å². The summed E-state index contributed by atoms with van der Waals surface area (Å²) in [4.78, 5) is 14.7. The average molecular weight is 381 g/mol. The molecule has 0 atom stereocenters. The van der Waals surface area contributed by atoms with Crippen LogP contribution >= 0.6 is 0 Å². The molecule has 28 heavy (non-hydrogen) atoms. The van der Waals surface area contributed by atoms with Crippen LogP contribution in [0.5, 0.6) is 5.88 Å². The van der Waals surface area contributed by atoms with E-state index >= 15 is 0 Å². The monoisotopic (exact) mass is 381 g/mol. The Bertz CT molecular complexity index is 937. The highest BCUT2D eigenvalue weighted by atomic mass is 16.6. The quantitative estimate of drug-likeness (QED) is 0.450. The molecule has 0 aliphatic carbocycles. The first kappa shape index (κ1) is 19.5. The van der Waals surface area contributed by atoms with Crippen LogP contribution in [0.3, 0.4) is 0 Å². The van der Waals surface area contributed by atoms with Crippen LogP contribution in [-0.4, -0.2) is 26.3 Å². The second-order valence-corrected chi connectivity index (χ2v) is 6.40. The van der Waals surface area contributed by atoms with E-state index in [9.17, 15) is 10.1 Å². The molecular formula is C20H23N5O3. The lowest BCUT2D eigenvalue weighted by molar-refractivity contribution is -0.384. The third-order valence-electron chi connectivity index (χ3n) is 4.18. The average Bonchev–Trinajstić information content (AvgIpc) is 3.07. The summed E-state index contributed by atoms with van der Waals surface area (Å²) in [5, 5.41) is 18.8. The SMILES string of the molecule is CCCOc1ncccc1CNCc1cn(C)nc1-c1ccc([N+](=O)[O-])cc1. The van der Waals surface area contributed by atoms with Gasteiger partial charge in [-0.1, -0.05) is 13.0 Å². The molecule has 1 N–H and O–H groups in total. The molecule has 0 saturated heterocycles. The van der Waals surface area contributed by atoms with Crippen molar-refractivity contribution in [3.05, 3.63) is 70.0 Å². The molecule has 0 aliphatic heterocycles. The van der Waals surface area contributed by atoms with E-state index in [2.05, 4.69) is 22.3 Å². The van der Waals surface area contributed by atoms with Crippen molar-refractivity contribution in [2.75, 3.05) is 6.61 Å². The van der Waals surface area contributed by atoms with Crippen LogP contribution in [0.15, 0.2) is 48.8 Å². The van der Waals surface area contributed by atoms with Crippen molar-refractivity contribution in [2.24, 2.45) is 7.05 Å². The molecule has 1 aromatic carbocycles. The predicted molar refractivity (Wildman–Crippen MR) is 106 cm³/mol. The third-order valence-corrected chi connectivity index (χ3v) is 4.18. The minimum Gasteiger partial charge on any atom is -0.477 e. The van der Waals surface area contributed by atoms with Crippen LogP contribution < -0.4 is 10.1 Å². The van der Waals surface area contributed by atoms with Gasteiger partial charge in [-0.25, -0.2) is 4.98 Å². The Balaban J connectivity index is 1.70. The Morgan fingerprint density at radius 3 is 2.64 bits per heavy atom. The maximum absolute atomic E-state index is 10.8. The fourth-order valence-electron chi connectivity index (χ4n) is 2.87. The molecule has 0 saturated carbocycles. The molecule has 0 amide bonds. The maximum Gasteiger partial charge on any atom is 0.269 e. The first-order valence-electron chi connectivity index (χ1n) is 9.13. The summed E-state index contributed by atoms with van der Waals surface area (Å²) in [6, 6.07) is 10.3. The fourth-order valence-corrected chi connectivity index (χ4v) is 2.87. The van der Waals surface area contributed by atoms with E-state index in [1.807, 2.05) is 25.4 Å². The summed E-state index contributed by atoms with van der Waals surface area (Å²) in [5.41, 5.74) is 3.72. The van der Waals surface area contributed by atoms with Crippen molar-refractivity contribution in [2.45, 2.75) is 26.4 Å². The predicted octanol–water partition coefficient (Wildman–Crippen LogP) is 3.47. The van der Waals surface area contributed by atoms with Crippen LogP contribution in [0.2, 0.25) is 0 Å². The molecule has 0 aliphatic rings. The zero-order valence-corrected chi connectivity index (χ0v) is 16.0. The molecule has 0 bridgehead atoms. The molecule has 3 aromatic rings. The van der Waals surface area contributed by atoms with Gasteiger partial charge in [0.1, 0.15) is 0 Å². The van der Waals surface area contributed by atoms with Crippen LogP contribution in [-0.2, 0) is 20.1 Å². The summed E-state index contributed by atoms with van der Waals surface area (Å²) in [5.74, 6) is 0.652. The highest BCUT2D eigenvalue weighted by Crippen LogP contribution is 2.24. The van der Waals surface area contributed by atoms with E-state index in [0.717, 1.165) is 28.8 Å². The van der Waals surface area contributed by atoms with Crippen molar-refractivity contribution >= 4 is 5.69 Å². The molecule has 0 fully saturated rings. The number of nitrogens with zero attached hydrogens (tertiary/aromatic N) is 4. The van der Waals surface area contributed by atoms with E-state index in [-0.39, 0.29) is 5.69 Å².